The van der Waals surface area contributed by atoms with Crippen LogP contribution in [-0.4, -0.2) is 28.9 Å². The fraction of sp³-hybridized carbons (Fsp3) is 0.407. The quantitative estimate of drug-likeness (QED) is 0.585. The van der Waals surface area contributed by atoms with Gasteiger partial charge in [0.05, 0.1) is 11.5 Å². The van der Waals surface area contributed by atoms with E-state index in [4.69, 9.17) is 0 Å². The maximum absolute atomic E-state index is 13.6. The smallest absolute Gasteiger partial charge is 0.231 e. The second-order valence-electron chi connectivity index (χ2n) is 9.47. The molecule has 1 amide bonds. The van der Waals surface area contributed by atoms with Crippen molar-refractivity contribution in [3.05, 3.63) is 65.7 Å². The molecule has 2 aliphatic rings. The highest BCUT2D eigenvalue weighted by molar-refractivity contribution is 5.97. The van der Waals surface area contributed by atoms with Crippen molar-refractivity contribution in [1.29, 1.82) is 5.26 Å². The first-order valence-corrected chi connectivity index (χ1v) is 11.7. The largest absolute Gasteiger partial charge is 0.341 e. The van der Waals surface area contributed by atoms with Crippen molar-refractivity contribution in [3.8, 4) is 6.07 Å². The topological polar surface area (TPSA) is 71.9 Å². The summed E-state index contributed by atoms with van der Waals surface area (Å²) in [5, 5.41) is 13.9. The first kappa shape index (κ1) is 20.8. The number of rotatable bonds is 5. The summed E-state index contributed by atoms with van der Waals surface area (Å²) >= 11 is 0. The van der Waals surface area contributed by atoms with Crippen LogP contribution in [0.3, 0.4) is 0 Å². The molecule has 2 aromatic carbocycles. The van der Waals surface area contributed by atoms with E-state index in [1.165, 1.54) is 11.1 Å². The third kappa shape index (κ3) is 4.16. The van der Waals surface area contributed by atoms with Crippen molar-refractivity contribution in [1.82, 2.24) is 9.88 Å². The second kappa shape index (κ2) is 8.80. The average Bonchev–Trinajstić information content (AvgIpc) is 3.25. The molecule has 2 heterocycles. The van der Waals surface area contributed by atoms with Crippen molar-refractivity contribution in [2.45, 2.75) is 45.1 Å². The Balaban J connectivity index is 1.33. The molecule has 32 heavy (non-hydrogen) atoms. The van der Waals surface area contributed by atoms with Crippen LogP contribution in [0.25, 0.3) is 10.9 Å². The maximum Gasteiger partial charge on any atom is 0.231 e. The molecule has 5 rings (SSSR count). The van der Waals surface area contributed by atoms with Crippen LogP contribution in [-0.2, 0) is 17.8 Å². The van der Waals surface area contributed by atoms with Gasteiger partial charge in [0.2, 0.25) is 5.91 Å². The summed E-state index contributed by atoms with van der Waals surface area (Å²) in [5.41, 5.74) is 3.36. The van der Waals surface area contributed by atoms with E-state index in [9.17, 15) is 10.1 Å². The van der Waals surface area contributed by atoms with E-state index in [1.54, 1.807) is 0 Å². The van der Waals surface area contributed by atoms with Crippen LogP contribution in [0.1, 0.15) is 43.2 Å². The van der Waals surface area contributed by atoms with E-state index >= 15 is 0 Å². The maximum atomic E-state index is 13.6. The van der Waals surface area contributed by atoms with Crippen LogP contribution in [0.2, 0.25) is 0 Å². The van der Waals surface area contributed by atoms with Crippen molar-refractivity contribution in [2.24, 2.45) is 11.3 Å². The lowest BCUT2D eigenvalue weighted by molar-refractivity contribution is -0.128. The van der Waals surface area contributed by atoms with Gasteiger partial charge in [-0.15, -0.1) is 0 Å². The molecule has 5 heteroatoms. The average molecular weight is 427 g/mol. The molecule has 5 nitrogen and oxygen atoms in total. The number of benzene rings is 2. The van der Waals surface area contributed by atoms with Crippen LogP contribution >= 0.6 is 0 Å². The first-order valence-electron chi connectivity index (χ1n) is 11.7. The zero-order valence-electron chi connectivity index (χ0n) is 18.4. The predicted octanol–water partition coefficient (Wildman–Crippen LogP) is 5.25. The second-order valence-corrected chi connectivity index (χ2v) is 9.47. The fourth-order valence-electron chi connectivity index (χ4n) is 5.53. The van der Waals surface area contributed by atoms with Crippen molar-refractivity contribution >= 4 is 22.6 Å². The number of carbonyl (C=O) groups is 1. The minimum Gasteiger partial charge on any atom is -0.341 e. The third-order valence-electron chi connectivity index (χ3n) is 7.40. The SMILES string of the molecule is N#CC1CCCC(CCN2CCc3ccccc3C2)(C(=O)Nc2cc3ccccc3[nH]2)C1. The number of para-hydroxylation sites is 1. The highest BCUT2D eigenvalue weighted by Crippen LogP contribution is 2.43. The number of hydrogen-bond acceptors (Lipinski definition) is 3. The van der Waals surface area contributed by atoms with Gasteiger partial charge in [0.15, 0.2) is 0 Å². The molecule has 1 aromatic heterocycles. The number of carbonyl (C=O) groups excluding carboxylic acids is 1. The molecule has 0 radical (unpaired) electrons. The molecule has 0 spiro atoms. The molecule has 1 aliphatic heterocycles. The summed E-state index contributed by atoms with van der Waals surface area (Å²) < 4.78 is 0. The molecule has 3 aromatic rings. The van der Waals surface area contributed by atoms with Crippen LogP contribution in [0.4, 0.5) is 5.82 Å². The van der Waals surface area contributed by atoms with Gasteiger partial charge < -0.3 is 10.3 Å². The minimum atomic E-state index is -0.493. The number of aromatic nitrogens is 1. The fourth-order valence-corrected chi connectivity index (χ4v) is 5.53. The number of nitrogens with zero attached hydrogens (tertiary/aromatic N) is 2. The Morgan fingerprint density at radius 2 is 2.00 bits per heavy atom. The highest BCUT2D eigenvalue weighted by Gasteiger charge is 2.43. The molecule has 1 saturated carbocycles. The number of aromatic amines is 1. The van der Waals surface area contributed by atoms with Gasteiger partial charge in [-0.25, -0.2) is 0 Å². The number of nitriles is 1. The van der Waals surface area contributed by atoms with Crippen molar-refractivity contribution in [3.63, 3.8) is 0 Å². The summed E-state index contributed by atoms with van der Waals surface area (Å²) in [7, 11) is 0. The Bertz CT molecular complexity index is 1130. The van der Waals surface area contributed by atoms with Gasteiger partial charge in [0, 0.05) is 29.9 Å². The number of H-pyrrole nitrogens is 1. The summed E-state index contributed by atoms with van der Waals surface area (Å²) in [6, 6.07) is 21.1. The predicted molar refractivity (Wildman–Crippen MR) is 127 cm³/mol. The van der Waals surface area contributed by atoms with Gasteiger partial charge in [-0.3, -0.25) is 9.69 Å². The molecule has 164 valence electrons. The molecular formula is C27H30N4O. The van der Waals surface area contributed by atoms with E-state index in [0.717, 1.165) is 68.5 Å². The number of amides is 1. The minimum absolute atomic E-state index is 0.0423. The normalized spacial score (nSPS) is 23.4. The van der Waals surface area contributed by atoms with Crippen molar-refractivity contribution in [2.75, 3.05) is 18.4 Å². The summed E-state index contributed by atoms with van der Waals surface area (Å²) in [4.78, 5) is 19.4. The number of fused-ring (bicyclic) bond motifs is 2. The first-order chi connectivity index (χ1) is 15.6. The molecule has 2 unspecified atom stereocenters. The summed E-state index contributed by atoms with van der Waals surface area (Å²) in [6.45, 7) is 2.85. The zero-order valence-corrected chi connectivity index (χ0v) is 18.4. The molecular weight excluding hydrogens is 396 g/mol. The lowest BCUT2D eigenvalue weighted by Crippen LogP contribution is -2.43. The number of nitrogens with one attached hydrogen (secondary N) is 2. The van der Waals surface area contributed by atoms with Gasteiger partial charge in [0.1, 0.15) is 5.82 Å². The molecule has 1 fully saturated rings. The van der Waals surface area contributed by atoms with Gasteiger partial charge in [-0.1, -0.05) is 48.9 Å². The Morgan fingerprint density at radius 3 is 2.84 bits per heavy atom. The van der Waals surface area contributed by atoms with Crippen LogP contribution in [0.15, 0.2) is 54.6 Å². The van der Waals surface area contributed by atoms with Crippen LogP contribution < -0.4 is 5.32 Å². The molecule has 1 aliphatic carbocycles. The summed E-state index contributed by atoms with van der Waals surface area (Å²) in [6.07, 6.45) is 5.18. The standard InChI is InChI=1S/C27H30N4O/c28-18-20-6-5-12-27(17-20,13-15-31-14-11-21-7-1-2-9-23(21)19-31)26(32)30-25-16-22-8-3-4-10-24(22)29-25/h1-4,7-10,16,20,29H,5-6,11-15,17,19H2,(H,30,32). The monoisotopic (exact) mass is 426 g/mol. The molecule has 2 atom stereocenters. The molecule has 2 N–H and O–H groups in total. The lowest BCUT2D eigenvalue weighted by Gasteiger charge is -2.39. The Morgan fingerprint density at radius 1 is 1.19 bits per heavy atom. The van der Waals surface area contributed by atoms with E-state index in [-0.39, 0.29) is 11.8 Å². The van der Waals surface area contributed by atoms with Crippen LogP contribution in [0.5, 0.6) is 0 Å². The zero-order chi connectivity index (χ0) is 22.0. The number of hydrogen-bond donors (Lipinski definition) is 2. The molecule has 0 bridgehead atoms. The summed E-state index contributed by atoms with van der Waals surface area (Å²) in [5.74, 6) is 0.752. The highest BCUT2D eigenvalue weighted by atomic mass is 16.2. The van der Waals surface area contributed by atoms with Crippen LogP contribution in [0, 0.1) is 22.7 Å². The van der Waals surface area contributed by atoms with Gasteiger partial charge >= 0.3 is 0 Å². The lowest BCUT2D eigenvalue weighted by atomic mass is 9.67. The van der Waals surface area contributed by atoms with Gasteiger partial charge in [-0.2, -0.15) is 5.26 Å². The molecule has 0 saturated heterocycles. The van der Waals surface area contributed by atoms with Gasteiger partial charge in [0.25, 0.3) is 0 Å². The van der Waals surface area contributed by atoms with Crippen molar-refractivity contribution < 1.29 is 4.79 Å². The van der Waals surface area contributed by atoms with E-state index < -0.39 is 5.41 Å². The van der Waals surface area contributed by atoms with E-state index in [0.29, 0.717) is 6.42 Å². The van der Waals surface area contributed by atoms with E-state index in [1.807, 2.05) is 30.3 Å². The Labute approximate surface area is 189 Å². The third-order valence-corrected chi connectivity index (χ3v) is 7.40. The van der Waals surface area contributed by atoms with Gasteiger partial charge in [-0.05, 0) is 61.9 Å². The van der Waals surface area contributed by atoms with E-state index in [2.05, 4.69) is 45.5 Å². The Kier molecular flexibility index (Phi) is 5.71. The number of anilines is 1. The Hall–Kier alpha value is -3.10.